The number of halogens is 1. The summed E-state index contributed by atoms with van der Waals surface area (Å²) in [7, 11) is -1.46. The van der Waals surface area contributed by atoms with Crippen molar-refractivity contribution in [2.75, 3.05) is 20.1 Å². The summed E-state index contributed by atoms with van der Waals surface area (Å²) in [4.78, 5) is 0.359. The lowest BCUT2D eigenvalue weighted by atomic mass is 10.3. The minimum Gasteiger partial charge on any atom is -0.316 e. The molecule has 1 aliphatic heterocycles. The fourth-order valence-electron chi connectivity index (χ4n) is 1.94. The van der Waals surface area contributed by atoms with Crippen LogP contribution in [0.15, 0.2) is 33.6 Å². The van der Waals surface area contributed by atoms with Crippen LogP contribution in [0.1, 0.15) is 6.42 Å². The van der Waals surface area contributed by atoms with E-state index in [9.17, 15) is 8.42 Å². The number of rotatable bonds is 3. The molecule has 0 bridgehead atoms. The molecule has 1 N–H and O–H groups in total. The summed E-state index contributed by atoms with van der Waals surface area (Å²) >= 11 is 3.30. The molecule has 1 atom stereocenters. The van der Waals surface area contributed by atoms with Crippen LogP contribution < -0.4 is 5.32 Å². The van der Waals surface area contributed by atoms with Crippen molar-refractivity contribution >= 4 is 26.0 Å². The van der Waals surface area contributed by atoms with Gasteiger partial charge >= 0.3 is 0 Å². The number of nitrogens with zero attached hydrogens (tertiary/aromatic N) is 1. The van der Waals surface area contributed by atoms with Gasteiger partial charge in [0.05, 0.1) is 4.90 Å². The van der Waals surface area contributed by atoms with Gasteiger partial charge in [0, 0.05) is 23.6 Å². The van der Waals surface area contributed by atoms with Crippen molar-refractivity contribution in [1.29, 1.82) is 0 Å². The van der Waals surface area contributed by atoms with Crippen LogP contribution in [0.5, 0.6) is 0 Å². The Morgan fingerprint density at radius 2 is 2.00 bits per heavy atom. The minimum absolute atomic E-state index is 0.264. The quantitative estimate of drug-likeness (QED) is 0.917. The molecule has 0 aromatic heterocycles. The Labute approximate surface area is 110 Å². The van der Waals surface area contributed by atoms with Gasteiger partial charge in [-0.25, -0.2) is 8.42 Å². The summed E-state index contributed by atoms with van der Waals surface area (Å²) in [5.41, 5.74) is 0. The second-order valence-electron chi connectivity index (χ2n) is 4.09. The summed E-state index contributed by atoms with van der Waals surface area (Å²) in [6.45, 7) is 1.14. The van der Waals surface area contributed by atoms with Crippen molar-refractivity contribution in [1.82, 2.24) is 9.62 Å². The first-order valence-corrected chi connectivity index (χ1v) is 7.70. The van der Waals surface area contributed by atoms with E-state index in [1.54, 1.807) is 24.3 Å². The molecule has 0 radical (unpaired) electrons. The smallest absolute Gasteiger partial charge is 0.243 e. The Hall–Kier alpha value is -0.430. The van der Waals surface area contributed by atoms with Gasteiger partial charge in [-0.05, 0) is 37.7 Å². The molecule has 1 aromatic rings. The van der Waals surface area contributed by atoms with Gasteiger partial charge in [0.15, 0.2) is 0 Å². The molecule has 0 spiro atoms. The number of hydrogen-bond acceptors (Lipinski definition) is 3. The first-order valence-electron chi connectivity index (χ1n) is 5.47. The van der Waals surface area contributed by atoms with E-state index in [2.05, 4.69) is 21.2 Å². The standard InChI is InChI=1S/C11H15BrN2O2S/c1-13-10-6-7-14(8-10)17(15,16)11-4-2-9(12)3-5-11/h2-5,10,13H,6-8H2,1H3/t10-/m1/s1. The maximum absolute atomic E-state index is 12.3. The number of nitrogens with one attached hydrogen (secondary N) is 1. The lowest BCUT2D eigenvalue weighted by Gasteiger charge is -2.16. The molecule has 0 aliphatic carbocycles. The lowest BCUT2D eigenvalue weighted by molar-refractivity contribution is 0.464. The van der Waals surface area contributed by atoms with E-state index < -0.39 is 10.0 Å². The molecule has 6 heteroatoms. The van der Waals surface area contributed by atoms with E-state index in [4.69, 9.17) is 0 Å². The zero-order chi connectivity index (χ0) is 12.5. The first kappa shape index (κ1) is 13.0. The van der Waals surface area contributed by atoms with Crippen LogP contribution in [0.25, 0.3) is 0 Å². The van der Waals surface area contributed by atoms with Crippen molar-refractivity contribution in [3.05, 3.63) is 28.7 Å². The highest BCUT2D eigenvalue weighted by Gasteiger charge is 2.31. The largest absolute Gasteiger partial charge is 0.316 e. The van der Waals surface area contributed by atoms with Crippen molar-refractivity contribution in [3.63, 3.8) is 0 Å². The molecule has 0 unspecified atom stereocenters. The topological polar surface area (TPSA) is 49.4 Å². The highest BCUT2D eigenvalue weighted by atomic mass is 79.9. The van der Waals surface area contributed by atoms with Gasteiger partial charge in [-0.2, -0.15) is 4.31 Å². The number of hydrogen-bond donors (Lipinski definition) is 1. The molecule has 1 aliphatic rings. The number of benzene rings is 1. The van der Waals surface area contributed by atoms with Crippen LogP contribution in [0.3, 0.4) is 0 Å². The molecular weight excluding hydrogens is 304 g/mol. The number of likely N-dealkylation sites (N-methyl/N-ethyl adjacent to an activating group) is 1. The van der Waals surface area contributed by atoms with Gasteiger partial charge in [0.25, 0.3) is 0 Å². The third kappa shape index (κ3) is 2.70. The summed E-state index contributed by atoms with van der Waals surface area (Å²) in [6.07, 6.45) is 0.867. The number of sulfonamides is 1. The second kappa shape index (κ2) is 5.06. The molecule has 4 nitrogen and oxygen atoms in total. The maximum Gasteiger partial charge on any atom is 0.243 e. The molecule has 0 amide bonds. The Balaban J connectivity index is 2.22. The predicted molar refractivity (Wildman–Crippen MR) is 70.4 cm³/mol. The van der Waals surface area contributed by atoms with E-state index in [-0.39, 0.29) is 6.04 Å². The van der Waals surface area contributed by atoms with E-state index in [1.807, 2.05) is 7.05 Å². The minimum atomic E-state index is -3.33. The van der Waals surface area contributed by atoms with Crippen LogP contribution in [0.4, 0.5) is 0 Å². The van der Waals surface area contributed by atoms with Gasteiger partial charge in [0.1, 0.15) is 0 Å². The predicted octanol–water partition coefficient (Wildman–Crippen LogP) is 1.43. The fourth-order valence-corrected chi connectivity index (χ4v) is 3.70. The van der Waals surface area contributed by atoms with Crippen LogP contribution >= 0.6 is 15.9 Å². The zero-order valence-electron chi connectivity index (χ0n) is 9.56. The Kier molecular flexibility index (Phi) is 3.87. The Morgan fingerprint density at radius 1 is 1.35 bits per heavy atom. The third-order valence-corrected chi connectivity index (χ3v) is 5.42. The molecule has 94 valence electrons. The van der Waals surface area contributed by atoms with Gasteiger partial charge in [-0.3, -0.25) is 0 Å². The maximum atomic E-state index is 12.3. The fraction of sp³-hybridized carbons (Fsp3) is 0.455. The SMILES string of the molecule is CN[C@@H]1CCN(S(=O)(=O)c2ccc(Br)cc2)C1. The van der Waals surface area contributed by atoms with Crippen molar-refractivity contribution in [3.8, 4) is 0 Å². The second-order valence-corrected chi connectivity index (χ2v) is 6.94. The van der Waals surface area contributed by atoms with Crippen molar-refractivity contribution in [2.45, 2.75) is 17.4 Å². The van der Waals surface area contributed by atoms with E-state index in [0.29, 0.717) is 18.0 Å². The monoisotopic (exact) mass is 318 g/mol. The Morgan fingerprint density at radius 3 is 2.53 bits per heavy atom. The van der Waals surface area contributed by atoms with Crippen LogP contribution in [0, 0.1) is 0 Å². The first-order chi connectivity index (χ1) is 8.04. The normalized spacial score (nSPS) is 21.9. The summed E-state index contributed by atoms with van der Waals surface area (Å²) in [5.74, 6) is 0. The molecular formula is C11H15BrN2O2S. The lowest BCUT2D eigenvalue weighted by Crippen LogP contribution is -2.33. The van der Waals surface area contributed by atoms with Gasteiger partial charge in [-0.15, -0.1) is 0 Å². The zero-order valence-corrected chi connectivity index (χ0v) is 12.0. The highest BCUT2D eigenvalue weighted by Crippen LogP contribution is 2.22. The van der Waals surface area contributed by atoms with Gasteiger partial charge in [-0.1, -0.05) is 15.9 Å². The van der Waals surface area contributed by atoms with E-state index >= 15 is 0 Å². The van der Waals surface area contributed by atoms with E-state index in [1.165, 1.54) is 4.31 Å². The molecule has 1 heterocycles. The molecule has 1 fully saturated rings. The average molecular weight is 319 g/mol. The summed E-state index contributed by atoms with van der Waals surface area (Å²) < 4.78 is 27.0. The molecule has 1 aromatic carbocycles. The summed E-state index contributed by atoms with van der Waals surface area (Å²) in [6, 6.07) is 7.02. The van der Waals surface area contributed by atoms with Crippen LogP contribution in [-0.2, 0) is 10.0 Å². The highest BCUT2D eigenvalue weighted by molar-refractivity contribution is 9.10. The molecule has 2 rings (SSSR count). The van der Waals surface area contributed by atoms with Gasteiger partial charge in [0.2, 0.25) is 10.0 Å². The average Bonchev–Trinajstić information content (AvgIpc) is 2.78. The Bertz CT molecular complexity index is 487. The molecule has 17 heavy (non-hydrogen) atoms. The third-order valence-electron chi connectivity index (χ3n) is 3.01. The molecule has 0 saturated carbocycles. The summed E-state index contributed by atoms with van der Waals surface area (Å²) in [5, 5.41) is 3.11. The molecule has 1 saturated heterocycles. The van der Waals surface area contributed by atoms with Crippen LogP contribution in [-0.4, -0.2) is 38.9 Å². The van der Waals surface area contributed by atoms with Gasteiger partial charge < -0.3 is 5.32 Å². The van der Waals surface area contributed by atoms with Crippen molar-refractivity contribution in [2.24, 2.45) is 0 Å². The van der Waals surface area contributed by atoms with Crippen molar-refractivity contribution < 1.29 is 8.42 Å². The van der Waals surface area contributed by atoms with Crippen LogP contribution in [0.2, 0.25) is 0 Å². The van der Waals surface area contributed by atoms with E-state index in [0.717, 1.165) is 10.9 Å².